The summed E-state index contributed by atoms with van der Waals surface area (Å²) in [5, 5.41) is 0. The molecule has 0 spiro atoms. The summed E-state index contributed by atoms with van der Waals surface area (Å²) in [7, 11) is 0. The van der Waals surface area contributed by atoms with Crippen molar-refractivity contribution in [3.8, 4) is 11.5 Å². The molecule has 4 rings (SSSR count). The van der Waals surface area contributed by atoms with Gasteiger partial charge in [-0.2, -0.15) is 0 Å². The number of likely N-dealkylation sites (tertiary alicyclic amines) is 1. The minimum Gasteiger partial charge on any atom is -0.454 e. The fraction of sp³-hybridized carbons (Fsp3) is 0.429. The number of hydrogen-bond donors (Lipinski definition) is 0. The van der Waals surface area contributed by atoms with Gasteiger partial charge in [-0.05, 0) is 49.1 Å². The first-order chi connectivity index (χ1) is 13.3. The molecule has 0 saturated carbocycles. The van der Waals surface area contributed by atoms with Crippen LogP contribution >= 0.6 is 0 Å². The molecule has 6 nitrogen and oxygen atoms in total. The van der Waals surface area contributed by atoms with Crippen molar-refractivity contribution in [2.24, 2.45) is 0 Å². The van der Waals surface area contributed by atoms with Gasteiger partial charge in [-0.1, -0.05) is 12.1 Å². The van der Waals surface area contributed by atoms with Crippen molar-refractivity contribution < 1.29 is 19.0 Å². The molecule has 1 amide bonds. The van der Waals surface area contributed by atoms with Gasteiger partial charge in [-0.25, -0.2) is 0 Å². The van der Waals surface area contributed by atoms with Gasteiger partial charge in [0.25, 0.3) is 0 Å². The number of hydrogen-bond acceptors (Lipinski definition) is 5. The van der Waals surface area contributed by atoms with Crippen molar-refractivity contribution in [1.82, 2.24) is 9.88 Å². The highest BCUT2D eigenvalue weighted by molar-refractivity contribution is 5.76. The molecule has 2 aromatic rings. The first-order valence-corrected chi connectivity index (χ1v) is 9.46. The second-order valence-corrected chi connectivity index (χ2v) is 6.92. The number of ether oxygens (including phenoxy) is 3. The van der Waals surface area contributed by atoms with Gasteiger partial charge < -0.3 is 19.1 Å². The molecule has 0 N–H and O–H groups in total. The Hall–Kier alpha value is -2.60. The lowest BCUT2D eigenvalue weighted by Crippen LogP contribution is -2.43. The summed E-state index contributed by atoms with van der Waals surface area (Å²) >= 11 is 0. The zero-order chi connectivity index (χ0) is 18.5. The molecule has 3 heterocycles. The van der Waals surface area contributed by atoms with E-state index in [1.807, 2.05) is 41.3 Å². The Morgan fingerprint density at radius 3 is 3.04 bits per heavy atom. The summed E-state index contributed by atoms with van der Waals surface area (Å²) in [6.45, 7) is 2.23. The van der Waals surface area contributed by atoms with Gasteiger partial charge in [0, 0.05) is 25.7 Å². The van der Waals surface area contributed by atoms with E-state index in [1.165, 1.54) is 0 Å². The van der Waals surface area contributed by atoms with Crippen LogP contribution in [0, 0.1) is 0 Å². The summed E-state index contributed by atoms with van der Waals surface area (Å²) in [4.78, 5) is 18.8. The quantitative estimate of drug-likeness (QED) is 0.785. The third kappa shape index (κ3) is 4.57. The number of carbonyl (C=O) groups is 1. The Bertz CT molecular complexity index is 781. The number of amides is 1. The molecular formula is C21H24N2O4. The normalized spacial score (nSPS) is 18.5. The number of piperidine rings is 1. The number of carbonyl (C=O) groups excluding carboxylic acids is 1. The van der Waals surface area contributed by atoms with Crippen LogP contribution in [0.2, 0.25) is 0 Å². The third-order valence-corrected chi connectivity index (χ3v) is 4.99. The second-order valence-electron chi connectivity index (χ2n) is 6.92. The van der Waals surface area contributed by atoms with E-state index in [0.29, 0.717) is 26.0 Å². The number of benzene rings is 1. The molecule has 27 heavy (non-hydrogen) atoms. The summed E-state index contributed by atoms with van der Waals surface area (Å²) < 4.78 is 16.7. The molecule has 2 aliphatic heterocycles. The highest BCUT2D eigenvalue weighted by atomic mass is 16.7. The molecular weight excluding hydrogens is 344 g/mol. The number of aryl methyl sites for hydroxylation is 1. The lowest BCUT2D eigenvalue weighted by atomic mass is 10.1. The SMILES string of the molecule is O=C(CCc1ccc2c(c1)OCO2)N1CCC[C@@H](OCc2ccccn2)C1. The van der Waals surface area contributed by atoms with Gasteiger partial charge in [0.15, 0.2) is 11.5 Å². The summed E-state index contributed by atoms with van der Waals surface area (Å²) in [5.74, 6) is 1.72. The largest absolute Gasteiger partial charge is 0.454 e. The standard InChI is InChI=1S/C21H24N2O4/c24-21(9-7-16-6-8-19-20(12-16)27-15-26-19)23-11-3-5-18(13-23)25-14-17-4-1-2-10-22-17/h1-2,4,6,8,10,12,18H,3,5,7,9,11,13-15H2/t18-/m1/s1. The molecule has 142 valence electrons. The molecule has 1 fully saturated rings. The Balaban J connectivity index is 1.25. The van der Waals surface area contributed by atoms with Crippen molar-refractivity contribution in [1.29, 1.82) is 0 Å². The topological polar surface area (TPSA) is 60.9 Å². The van der Waals surface area contributed by atoms with Crippen LogP contribution in [0.25, 0.3) is 0 Å². The number of fused-ring (bicyclic) bond motifs is 1. The Morgan fingerprint density at radius 2 is 2.15 bits per heavy atom. The van der Waals surface area contributed by atoms with Crippen LogP contribution < -0.4 is 9.47 Å². The van der Waals surface area contributed by atoms with Crippen molar-refractivity contribution >= 4 is 5.91 Å². The van der Waals surface area contributed by atoms with Crippen molar-refractivity contribution in [2.75, 3.05) is 19.9 Å². The third-order valence-electron chi connectivity index (χ3n) is 4.99. The molecule has 2 aliphatic rings. The van der Waals surface area contributed by atoms with E-state index in [4.69, 9.17) is 14.2 Å². The molecule has 1 saturated heterocycles. The Morgan fingerprint density at radius 1 is 1.22 bits per heavy atom. The number of nitrogens with zero attached hydrogens (tertiary/aromatic N) is 2. The van der Waals surface area contributed by atoms with Crippen LogP contribution in [0.15, 0.2) is 42.6 Å². The summed E-state index contributed by atoms with van der Waals surface area (Å²) in [6, 6.07) is 11.7. The van der Waals surface area contributed by atoms with Crippen molar-refractivity contribution in [3.63, 3.8) is 0 Å². The van der Waals surface area contributed by atoms with Gasteiger partial charge in [0.1, 0.15) is 0 Å². The van der Waals surface area contributed by atoms with Crippen LogP contribution in [0.4, 0.5) is 0 Å². The minimum absolute atomic E-state index is 0.0789. The molecule has 1 aromatic heterocycles. The van der Waals surface area contributed by atoms with Gasteiger partial charge in [-0.15, -0.1) is 0 Å². The predicted molar refractivity (Wildman–Crippen MR) is 99.5 cm³/mol. The van der Waals surface area contributed by atoms with Crippen LogP contribution in [0.5, 0.6) is 11.5 Å². The number of aromatic nitrogens is 1. The lowest BCUT2D eigenvalue weighted by molar-refractivity contribution is -0.135. The average Bonchev–Trinajstić information content (AvgIpc) is 3.19. The Labute approximate surface area is 159 Å². The zero-order valence-corrected chi connectivity index (χ0v) is 15.3. The fourth-order valence-electron chi connectivity index (χ4n) is 3.49. The highest BCUT2D eigenvalue weighted by Gasteiger charge is 2.24. The van der Waals surface area contributed by atoms with Gasteiger partial charge in [-0.3, -0.25) is 9.78 Å². The first-order valence-electron chi connectivity index (χ1n) is 9.46. The van der Waals surface area contributed by atoms with Gasteiger partial charge in [0.05, 0.1) is 18.4 Å². The monoisotopic (exact) mass is 368 g/mol. The lowest BCUT2D eigenvalue weighted by Gasteiger charge is -2.32. The fourth-order valence-corrected chi connectivity index (χ4v) is 3.49. The smallest absolute Gasteiger partial charge is 0.231 e. The van der Waals surface area contributed by atoms with E-state index < -0.39 is 0 Å². The van der Waals surface area contributed by atoms with E-state index >= 15 is 0 Å². The van der Waals surface area contributed by atoms with Gasteiger partial charge >= 0.3 is 0 Å². The minimum atomic E-state index is 0.0789. The van der Waals surface area contributed by atoms with Crippen LogP contribution in [0.1, 0.15) is 30.5 Å². The van der Waals surface area contributed by atoms with Crippen LogP contribution in [0.3, 0.4) is 0 Å². The molecule has 0 radical (unpaired) electrons. The molecule has 6 heteroatoms. The molecule has 0 bridgehead atoms. The second kappa shape index (κ2) is 8.39. The maximum absolute atomic E-state index is 12.6. The predicted octanol–water partition coefficient (Wildman–Crippen LogP) is 2.95. The van der Waals surface area contributed by atoms with E-state index in [9.17, 15) is 4.79 Å². The van der Waals surface area contributed by atoms with Crippen LogP contribution in [-0.4, -0.2) is 41.8 Å². The van der Waals surface area contributed by atoms with Crippen molar-refractivity contribution in [2.45, 2.75) is 38.4 Å². The van der Waals surface area contributed by atoms with E-state index in [1.54, 1.807) is 6.20 Å². The van der Waals surface area contributed by atoms with Crippen LogP contribution in [-0.2, 0) is 22.6 Å². The Kier molecular flexibility index (Phi) is 5.53. The molecule has 1 atom stereocenters. The molecule has 0 unspecified atom stereocenters. The summed E-state index contributed by atoms with van der Waals surface area (Å²) in [6.07, 6.45) is 5.00. The van der Waals surface area contributed by atoms with E-state index in [0.717, 1.165) is 42.1 Å². The van der Waals surface area contributed by atoms with Crippen molar-refractivity contribution in [3.05, 3.63) is 53.9 Å². The number of rotatable bonds is 6. The number of pyridine rings is 1. The zero-order valence-electron chi connectivity index (χ0n) is 15.3. The molecule has 0 aliphatic carbocycles. The van der Waals surface area contributed by atoms with E-state index in [2.05, 4.69) is 4.98 Å². The summed E-state index contributed by atoms with van der Waals surface area (Å²) in [5.41, 5.74) is 2.01. The van der Waals surface area contributed by atoms with E-state index in [-0.39, 0.29) is 18.8 Å². The van der Waals surface area contributed by atoms with Gasteiger partial charge in [0.2, 0.25) is 12.7 Å². The highest BCUT2D eigenvalue weighted by Crippen LogP contribution is 2.32. The maximum Gasteiger partial charge on any atom is 0.231 e. The first kappa shape index (κ1) is 17.8. The average molecular weight is 368 g/mol. The maximum atomic E-state index is 12.6. The molecule has 1 aromatic carbocycles.